The van der Waals surface area contributed by atoms with E-state index in [9.17, 15) is 8.42 Å². The van der Waals surface area contributed by atoms with Crippen molar-refractivity contribution >= 4 is 27.0 Å². The maximum atomic E-state index is 11.4. The van der Waals surface area contributed by atoms with Crippen LogP contribution in [-0.2, 0) is 9.84 Å². The van der Waals surface area contributed by atoms with E-state index in [1.54, 1.807) is 12.1 Å². The summed E-state index contributed by atoms with van der Waals surface area (Å²) in [6.07, 6.45) is 3.43. The van der Waals surface area contributed by atoms with Crippen LogP contribution in [-0.4, -0.2) is 14.7 Å². The monoisotopic (exact) mass is 390 g/mol. The Morgan fingerprint density at radius 3 is 1.81 bits per heavy atom. The van der Waals surface area contributed by atoms with Crippen LogP contribution >= 0.6 is 11.6 Å². The minimum absolute atomic E-state index is 0.328. The topological polar surface area (TPSA) is 34.1 Å². The van der Waals surface area contributed by atoms with Crippen LogP contribution in [0.5, 0.6) is 0 Å². The molecule has 0 saturated carbocycles. The van der Waals surface area contributed by atoms with Crippen molar-refractivity contribution in [1.29, 1.82) is 0 Å². The van der Waals surface area contributed by atoms with Gasteiger partial charge in [-0.2, -0.15) is 0 Å². The number of rotatable bonds is 2. The molecule has 1 aliphatic carbocycles. The summed E-state index contributed by atoms with van der Waals surface area (Å²) in [4.78, 5) is 0.391. The van der Waals surface area contributed by atoms with Gasteiger partial charge in [0, 0.05) is 11.3 Å². The molecule has 0 aliphatic heterocycles. The molecule has 0 amide bonds. The molecule has 0 aromatic heterocycles. The maximum Gasteiger partial charge on any atom is 0.175 e. The molecule has 0 unspecified atom stereocenters. The molecule has 4 heteroatoms. The molecule has 0 N–H and O–H groups in total. The summed E-state index contributed by atoms with van der Waals surface area (Å²) in [6, 6.07) is 15.0. The molecule has 2 aromatic rings. The predicted octanol–water partition coefficient (Wildman–Crippen LogP) is 6.33. The van der Waals surface area contributed by atoms with Gasteiger partial charge in [-0.15, -0.1) is 0 Å². The lowest BCUT2D eigenvalue weighted by Gasteiger charge is -2.17. The first-order valence-corrected chi connectivity index (χ1v) is 11.0. The van der Waals surface area contributed by atoms with Gasteiger partial charge >= 0.3 is 0 Å². The third-order valence-corrected chi connectivity index (χ3v) is 5.94. The summed E-state index contributed by atoms with van der Waals surface area (Å²) in [7, 11) is -3.10. The second-order valence-corrected chi connectivity index (χ2v) is 10.3. The van der Waals surface area contributed by atoms with E-state index in [0.29, 0.717) is 10.3 Å². The van der Waals surface area contributed by atoms with Crippen molar-refractivity contribution in [3.05, 3.63) is 70.3 Å². The summed E-state index contributed by atoms with van der Waals surface area (Å²) < 4.78 is 22.8. The molecule has 0 saturated heterocycles. The minimum atomic E-state index is -3.10. The van der Waals surface area contributed by atoms with Crippen molar-refractivity contribution in [3.8, 4) is 0 Å². The van der Waals surface area contributed by atoms with E-state index in [1.165, 1.54) is 23.0 Å². The Kier molecular flexibility index (Phi) is 6.36. The van der Waals surface area contributed by atoms with E-state index in [1.807, 2.05) is 43.3 Å². The van der Waals surface area contributed by atoms with Crippen molar-refractivity contribution in [2.45, 2.75) is 45.4 Å². The second-order valence-electron chi connectivity index (χ2n) is 7.87. The molecule has 3 rings (SSSR count). The molecule has 0 radical (unpaired) electrons. The van der Waals surface area contributed by atoms with Gasteiger partial charge in [0.25, 0.3) is 0 Å². The van der Waals surface area contributed by atoms with Gasteiger partial charge < -0.3 is 0 Å². The summed E-state index contributed by atoms with van der Waals surface area (Å²) in [5, 5.41) is 0.801. The zero-order valence-electron chi connectivity index (χ0n) is 16.1. The van der Waals surface area contributed by atoms with Crippen LogP contribution in [0.1, 0.15) is 44.7 Å². The molecule has 26 heavy (non-hydrogen) atoms. The van der Waals surface area contributed by atoms with Crippen molar-refractivity contribution in [2.75, 3.05) is 6.26 Å². The molecule has 0 bridgehead atoms. The Morgan fingerprint density at radius 2 is 1.42 bits per heavy atom. The first-order chi connectivity index (χ1) is 12.0. The molecule has 140 valence electrons. The van der Waals surface area contributed by atoms with E-state index < -0.39 is 9.84 Å². The number of hydrogen-bond acceptors (Lipinski definition) is 2. The number of benzene rings is 2. The highest BCUT2D eigenvalue weighted by atomic mass is 35.5. The molecular weight excluding hydrogens is 364 g/mol. The fourth-order valence-corrected chi connectivity index (χ4v) is 4.06. The largest absolute Gasteiger partial charge is 0.224 e. The van der Waals surface area contributed by atoms with Gasteiger partial charge in [0.05, 0.1) is 4.90 Å². The molecule has 2 nitrogen and oxygen atoms in total. The first-order valence-electron chi connectivity index (χ1n) is 8.69. The van der Waals surface area contributed by atoms with Crippen LogP contribution in [0.2, 0.25) is 5.02 Å². The van der Waals surface area contributed by atoms with Crippen molar-refractivity contribution in [3.63, 3.8) is 0 Å². The van der Waals surface area contributed by atoms with Crippen LogP contribution in [0.25, 0.3) is 5.57 Å². The summed E-state index contributed by atoms with van der Waals surface area (Å²) >= 11 is 5.61. The molecule has 0 atom stereocenters. The Morgan fingerprint density at radius 1 is 0.885 bits per heavy atom. The minimum Gasteiger partial charge on any atom is -0.224 e. The van der Waals surface area contributed by atoms with E-state index in [4.69, 9.17) is 11.6 Å². The molecule has 1 aliphatic rings. The van der Waals surface area contributed by atoms with E-state index in [2.05, 4.69) is 20.8 Å². The Labute approximate surface area is 162 Å². The van der Waals surface area contributed by atoms with Crippen LogP contribution in [0.3, 0.4) is 0 Å². The van der Waals surface area contributed by atoms with Gasteiger partial charge in [0.15, 0.2) is 9.84 Å². The Balaban J connectivity index is 0.000000254. The third kappa shape index (κ3) is 5.72. The standard InChI is InChI=1S/C15H20O2S.C7H7Cl/c1-11-9-15(2,3)10-14(11)12-5-7-13(8-6-12)18(4,16)17;1-6-2-4-7(8)5-3-6/h5-8H,9-10H2,1-4H3;2-5H,1H3. The molecule has 0 heterocycles. The fraction of sp³-hybridized carbons (Fsp3) is 0.364. The van der Waals surface area contributed by atoms with Crippen LogP contribution in [0.15, 0.2) is 59.0 Å². The van der Waals surface area contributed by atoms with E-state index >= 15 is 0 Å². The van der Waals surface area contributed by atoms with Gasteiger partial charge in [-0.1, -0.05) is 60.9 Å². The highest BCUT2D eigenvalue weighted by Crippen LogP contribution is 2.45. The van der Waals surface area contributed by atoms with Gasteiger partial charge in [0.2, 0.25) is 0 Å². The fourth-order valence-electron chi connectivity index (χ4n) is 3.30. The third-order valence-electron chi connectivity index (χ3n) is 4.56. The summed E-state index contributed by atoms with van der Waals surface area (Å²) in [6.45, 7) is 8.76. The SMILES string of the molecule is CC1=C(c2ccc(S(C)(=O)=O)cc2)CC(C)(C)C1.Cc1ccc(Cl)cc1. The normalized spacial score (nSPS) is 16.2. The molecule has 2 aromatic carbocycles. The van der Waals surface area contributed by atoms with Crippen molar-refractivity contribution in [2.24, 2.45) is 5.41 Å². The zero-order chi connectivity index (χ0) is 19.5. The smallest absolute Gasteiger partial charge is 0.175 e. The number of aryl methyl sites for hydroxylation is 1. The van der Waals surface area contributed by atoms with Crippen LogP contribution in [0, 0.1) is 12.3 Å². The predicted molar refractivity (Wildman–Crippen MR) is 111 cm³/mol. The van der Waals surface area contributed by atoms with Gasteiger partial charge in [-0.25, -0.2) is 8.42 Å². The maximum absolute atomic E-state index is 11.4. The van der Waals surface area contributed by atoms with Crippen LogP contribution < -0.4 is 0 Å². The lowest BCUT2D eigenvalue weighted by atomic mass is 9.88. The zero-order valence-corrected chi connectivity index (χ0v) is 17.7. The second kappa shape index (κ2) is 7.98. The number of halogens is 1. The molecular formula is C22H27ClO2S. The van der Waals surface area contributed by atoms with Gasteiger partial charge in [-0.05, 0) is 67.5 Å². The summed E-state index contributed by atoms with van der Waals surface area (Å²) in [5.74, 6) is 0. The number of hydrogen-bond donors (Lipinski definition) is 0. The lowest BCUT2D eigenvalue weighted by molar-refractivity contribution is 0.397. The average Bonchev–Trinajstić information content (AvgIpc) is 2.83. The quantitative estimate of drug-likeness (QED) is 0.600. The van der Waals surface area contributed by atoms with E-state index in [-0.39, 0.29) is 0 Å². The average molecular weight is 391 g/mol. The van der Waals surface area contributed by atoms with Crippen molar-refractivity contribution in [1.82, 2.24) is 0 Å². The van der Waals surface area contributed by atoms with Gasteiger partial charge in [0.1, 0.15) is 0 Å². The molecule has 0 fully saturated rings. The Bertz CT molecular complexity index is 869. The lowest BCUT2D eigenvalue weighted by Crippen LogP contribution is -2.05. The Hall–Kier alpha value is -1.58. The van der Waals surface area contributed by atoms with Crippen molar-refractivity contribution < 1.29 is 8.42 Å². The first kappa shape index (κ1) is 20.7. The van der Waals surface area contributed by atoms with Gasteiger partial charge in [-0.3, -0.25) is 0 Å². The molecule has 0 spiro atoms. The van der Waals surface area contributed by atoms with E-state index in [0.717, 1.165) is 23.4 Å². The highest BCUT2D eigenvalue weighted by Gasteiger charge is 2.28. The summed E-state index contributed by atoms with van der Waals surface area (Å²) in [5.41, 5.74) is 5.53. The number of sulfone groups is 1. The van der Waals surface area contributed by atoms with Crippen LogP contribution in [0.4, 0.5) is 0 Å². The number of allylic oxidation sites excluding steroid dienone is 2. The highest BCUT2D eigenvalue weighted by molar-refractivity contribution is 7.90.